The molecule has 5 fully saturated rings. The van der Waals surface area contributed by atoms with Gasteiger partial charge in [0.15, 0.2) is 0 Å². The van der Waals surface area contributed by atoms with Crippen molar-refractivity contribution in [2.45, 2.75) is 81.4 Å². The van der Waals surface area contributed by atoms with Crippen LogP contribution in [-0.2, 0) is 19.1 Å². The molecule has 1 saturated heterocycles. The van der Waals surface area contributed by atoms with E-state index in [1.165, 1.54) is 6.08 Å². The minimum atomic E-state index is -1.55. The third kappa shape index (κ3) is 2.11. The Morgan fingerprint density at radius 1 is 1.10 bits per heavy atom. The highest BCUT2D eigenvalue weighted by molar-refractivity contribution is 5.85. The van der Waals surface area contributed by atoms with Crippen LogP contribution in [0, 0.1) is 28.6 Å². The molecule has 4 saturated carbocycles. The molecule has 1 unspecified atom stereocenters. The molecule has 2 aliphatic heterocycles. The van der Waals surface area contributed by atoms with Crippen molar-refractivity contribution in [3.05, 3.63) is 11.6 Å². The summed E-state index contributed by atoms with van der Waals surface area (Å²) in [7, 11) is 0. The van der Waals surface area contributed by atoms with Crippen molar-refractivity contribution in [3.63, 3.8) is 0 Å². The molecule has 31 heavy (non-hydrogen) atoms. The molecule has 0 aromatic carbocycles. The second kappa shape index (κ2) is 5.90. The lowest BCUT2D eigenvalue weighted by Gasteiger charge is -2.64. The summed E-state index contributed by atoms with van der Waals surface area (Å²) < 4.78 is 11.0. The van der Waals surface area contributed by atoms with Crippen molar-refractivity contribution in [1.82, 2.24) is 0 Å². The summed E-state index contributed by atoms with van der Waals surface area (Å²) in [4.78, 5) is 25.1. The van der Waals surface area contributed by atoms with E-state index in [4.69, 9.17) is 9.47 Å². The third-order valence-corrected chi connectivity index (χ3v) is 10.1. The number of hydrogen-bond acceptors (Lipinski definition) is 8. The Hall–Kier alpha value is -1.48. The van der Waals surface area contributed by atoms with Crippen LogP contribution < -0.4 is 0 Å². The van der Waals surface area contributed by atoms with Gasteiger partial charge in [-0.1, -0.05) is 6.92 Å². The van der Waals surface area contributed by atoms with Crippen LogP contribution in [-0.4, -0.2) is 68.5 Å². The number of aliphatic hydroxyl groups excluding tert-OH is 2. The fraction of sp³-hybridized carbons (Fsp3) is 0.826. The maximum atomic E-state index is 13.4. The highest BCUT2D eigenvalue weighted by atomic mass is 16.6. The van der Waals surface area contributed by atoms with Crippen molar-refractivity contribution >= 4 is 11.9 Å². The summed E-state index contributed by atoms with van der Waals surface area (Å²) in [5, 5.41) is 45.1. The molecule has 6 rings (SSSR count). The second-order valence-electron chi connectivity index (χ2n) is 11.1. The van der Waals surface area contributed by atoms with Crippen molar-refractivity contribution in [3.8, 4) is 0 Å². The normalized spacial score (nSPS) is 57.5. The predicted molar refractivity (Wildman–Crippen MR) is 104 cm³/mol. The fourth-order valence-electron chi connectivity index (χ4n) is 8.96. The zero-order valence-electron chi connectivity index (χ0n) is 17.6. The van der Waals surface area contributed by atoms with E-state index < -0.39 is 52.2 Å². The van der Waals surface area contributed by atoms with Crippen molar-refractivity contribution in [1.29, 1.82) is 0 Å². The lowest BCUT2D eigenvalue weighted by Crippen LogP contribution is -2.73. The molecule has 0 radical (unpaired) electrons. The zero-order valence-corrected chi connectivity index (χ0v) is 17.6. The van der Waals surface area contributed by atoms with Gasteiger partial charge in [0.05, 0.1) is 23.4 Å². The molecule has 10 atom stereocenters. The summed E-state index contributed by atoms with van der Waals surface area (Å²) in [6, 6.07) is 0. The zero-order chi connectivity index (χ0) is 22.0. The molecule has 0 aromatic rings. The summed E-state index contributed by atoms with van der Waals surface area (Å²) in [5.74, 6) is -1.85. The topological polar surface area (TPSA) is 134 Å². The molecular weight excluding hydrogens is 404 g/mol. The van der Waals surface area contributed by atoms with E-state index >= 15 is 0 Å². The molecule has 4 aliphatic carbocycles. The Labute approximate surface area is 180 Å². The molecule has 6 aliphatic rings. The van der Waals surface area contributed by atoms with Gasteiger partial charge in [0.2, 0.25) is 0 Å². The number of carbonyl (C=O) groups is 2. The Morgan fingerprint density at radius 2 is 1.87 bits per heavy atom. The summed E-state index contributed by atoms with van der Waals surface area (Å²) in [5.41, 5.74) is -3.90. The summed E-state index contributed by atoms with van der Waals surface area (Å²) in [6.45, 7) is 2.25. The number of fused-ring (bicyclic) bond motifs is 2. The predicted octanol–water partition coefficient (Wildman–Crippen LogP) is 0.205. The van der Waals surface area contributed by atoms with Crippen molar-refractivity contribution in [2.75, 3.05) is 6.61 Å². The van der Waals surface area contributed by atoms with Gasteiger partial charge in [-0.3, -0.25) is 4.79 Å². The summed E-state index contributed by atoms with van der Waals surface area (Å²) in [6.07, 6.45) is 1.28. The third-order valence-electron chi connectivity index (χ3n) is 10.1. The van der Waals surface area contributed by atoms with Crippen LogP contribution in [0.4, 0.5) is 0 Å². The molecule has 0 bridgehead atoms. The standard InChI is InChI=1S/C23H30O8/c1-20-9-15-18-14(22(20,29)5-3-13(20)11-6-17(26)30-10-11)2-4-21(28)8-12(24)7-16(25)23(18,21)19(27)31-15/h6,12-16,18,24-25,28-29H,2-5,7-10H2,1H3/t12-,13+,14?,15+,16-,18+,20+,21-,22-,23+/m0/s1. The quantitative estimate of drug-likeness (QED) is 0.430. The molecule has 4 N–H and O–H groups in total. The number of esters is 2. The molecule has 0 aromatic heterocycles. The number of ether oxygens (including phenoxy) is 2. The van der Waals surface area contributed by atoms with Crippen LogP contribution in [0.2, 0.25) is 0 Å². The smallest absolute Gasteiger partial charge is 0.331 e. The first kappa shape index (κ1) is 20.1. The Kier molecular flexibility index (Phi) is 3.83. The Bertz CT molecular complexity index is 900. The lowest BCUT2D eigenvalue weighted by atomic mass is 9.41. The summed E-state index contributed by atoms with van der Waals surface area (Å²) >= 11 is 0. The average molecular weight is 434 g/mol. The highest BCUT2D eigenvalue weighted by Crippen LogP contribution is 2.73. The Balaban J connectivity index is 1.46. The van der Waals surface area contributed by atoms with Crippen molar-refractivity contribution < 1.29 is 39.5 Å². The number of cyclic esters (lactones) is 1. The average Bonchev–Trinajstić information content (AvgIpc) is 3.30. The van der Waals surface area contributed by atoms with E-state index in [0.717, 1.165) is 5.57 Å². The number of hydrogen-bond donors (Lipinski definition) is 4. The first-order valence-corrected chi connectivity index (χ1v) is 11.5. The van der Waals surface area contributed by atoms with E-state index in [0.29, 0.717) is 25.7 Å². The minimum Gasteiger partial charge on any atom is -0.461 e. The molecule has 8 nitrogen and oxygen atoms in total. The Morgan fingerprint density at radius 3 is 2.58 bits per heavy atom. The van der Waals surface area contributed by atoms with Gasteiger partial charge in [-0.2, -0.15) is 0 Å². The first-order valence-electron chi connectivity index (χ1n) is 11.5. The number of rotatable bonds is 1. The van der Waals surface area contributed by atoms with Gasteiger partial charge in [0.1, 0.15) is 18.1 Å². The van der Waals surface area contributed by atoms with Gasteiger partial charge in [-0.05, 0) is 49.5 Å². The van der Waals surface area contributed by atoms with Gasteiger partial charge in [0.25, 0.3) is 0 Å². The fourth-order valence-corrected chi connectivity index (χ4v) is 8.96. The van der Waals surface area contributed by atoms with Gasteiger partial charge in [0, 0.05) is 30.3 Å². The van der Waals surface area contributed by atoms with Gasteiger partial charge in [-0.15, -0.1) is 0 Å². The highest BCUT2D eigenvalue weighted by Gasteiger charge is 2.81. The maximum Gasteiger partial charge on any atom is 0.331 e. The number of aliphatic hydroxyl groups is 4. The minimum absolute atomic E-state index is 0.0119. The lowest BCUT2D eigenvalue weighted by molar-refractivity contribution is -0.270. The van der Waals surface area contributed by atoms with Gasteiger partial charge >= 0.3 is 11.9 Å². The van der Waals surface area contributed by atoms with E-state index in [1.807, 2.05) is 6.92 Å². The van der Waals surface area contributed by atoms with E-state index in [9.17, 15) is 30.0 Å². The number of carbonyl (C=O) groups excluding carboxylic acids is 2. The van der Waals surface area contributed by atoms with Crippen LogP contribution in [0.5, 0.6) is 0 Å². The molecule has 1 spiro atoms. The van der Waals surface area contributed by atoms with Gasteiger partial charge in [-0.25, -0.2) is 4.79 Å². The molecule has 8 heteroatoms. The molecule has 170 valence electrons. The van der Waals surface area contributed by atoms with Crippen molar-refractivity contribution in [2.24, 2.45) is 28.6 Å². The van der Waals surface area contributed by atoms with E-state index in [2.05, 4.69) is 0 Å². The SMILES string of the molecule is C[C@]12C[C@H]3OC(=O)[C@@]45[C@@H]3C(CC[C@]4(O)C[C@@H](O)C[C@@H]5O)[C@@]1(O)CC[C@@H]2C1=CC(=O)OC1. The molecular formula is C23H30O8. The molecule has 0 amide bonds. The van der Waals surface area contributed by atoms with Crippen LogP contribution >= 0.6 is 0 Å². The molecule has 2 heterocycles. The second-order valence-corrected chi connectivity index (χ2v) is 11.1. The van der Waals surface area contributed by atoms with E-state index in [-0.39, 0.29) is 43.7 Å². The van der Waals surface area contributed by atoms with Gasteiger partial charge < -0.3 is 29.9 Å². The van der Waals surface area contributed by atoms with Crippen LogP contribution in [0.25, 0.3) is 0 Å². The first-order chi connectivity index (χ1) is 14.6. The largest absolute Gasteiger partial charge is 0.461 e. The van der Waals surface area contributed by atoms with Crippen LogP contribution in [0.15, 0.2) is 11.6 Å². The maximum absolute atomic E-state index is 13.4. The van der Waals surface area contributed by atoms with Crippen LogP contribution in [0.1, 0.15) is 51.9 Å². The van der Waals surface area contributed by atoms with E-state index in [1.54, 1.807) is 0 Å². The van der Waals surface area contributed by atoms with Crippen LogP contribution in [0.3, 0.4) is 0 Å². The monoisotopic (exact) mass is 434 g/mol.